The highest BCUT2D eigenvalue weighted by Gasteiger charge is 2.18. The molecule has 0 spiro atoms. The SMILES string of the molecule is COOB(O)c1ccncn1. The van der Waals surface area contributed by atoms with E-state index in [2.05, 4.69) is 19.7 Å². The summed E-state index contributed by atoms with van der Waals surface area (Å²) in [5.41, 5.74) is 0.363. The first-order valence-electron chi connectivity index (χ1n) is 2.98. The minimum Gasteiger partial charge on any atom is -0.421 e. The molecule has 0 fully saturated rings. The van der Waals surface area contributed by atoms with Gasteiger partial charge in [0.2, 0.25) is 0 Å². The smallest absolute Gasteiger partial charge is 0.421 e. The number of rotatable bonds is 3. The Bertz CT molecular complexity index is 208. The summed E-state index contributed by atoms with van der Waals surface area (Å²) in [6.45, 7) is 0. The highest BCUT2D eigenvalue weighted by Crippen LogP contribution is 1.81. The van der Waals surface area contributed by atoms with E-state index in [1.54, 1.807) is 0 Å². The lowest BCUT2D eigenvalue weighted by Gasteiger charge is -2.01. The lowest BCUT2D eigenvalue weighted by Crippen LogP contribution is -2.35. The van der Waals surface area contributed by atoms with Crippen LogP contribution in [0.25, 0.3) is 0 Å². The van der Waals surface area contributed by atoms with Crippen molar-refractivity contribution in [3.63, 3.8) is 0 Å². The Morgan fingerprint density at radius 1 is 1.64 bits per heavy atom. The van der Waals surface area contributed by atoms with Crippen molar-refractivity contribution in [2.24, 2.45) is 0 Å². The average molecular weight is 154 g/mol. The molecule has 0 radical (unpaired) electrons. The van der Waals surface area contributed by atoms with E-state index in [0.717, 1.165) is 0 Å². The fourth-order valence-corrected chi connectivity index (χ4v) is 0.587. The van der Waals surface area contributed by atoms with Crippen LogP contribution in [0.1, 0.15) is 0 Å². The van der Waals surface area contributed by atoms with Crippen molar-refractivity contribution in [1.82, 2.24) is 9.97 Å². The number of aromatic nitrogens is 2. The van der Waals surface area contributed by atoms with Crippen LogP contribution in [0.2, 0.25) is 0 Å². The fourth-order valence-electron chi connectivity index (χ4n) is 0.587. The summed E-state index contributed by atoms with van der Waals surface area (Å²) in [7, 11) is 0.160. The van der Waals surface area contributed by atoms with Gasteiger partial charge in [0.05, 0.1) is 12.7 Å². The van der Waals surface area contributed by atoms with Gasteiger partial charge >= 0.3 is 7.12 Å². The molecule has 6 heteroatoms. The van der Waals surface area contributed by atoms with Gasteiger partial charge in [-0.3, -0.25) is 9.69 Å². The maximum absolute atomic E-state index is 9.08. The molecule has 58 valence electrons. The van der Waals surface area contributed by atoms with Gasteiger partial charge in [0.25, 0.3) is 0 Å². The standard InChI is InChI=1S/C5H7BN2O3/c1-10-11-6(9)5-2-3-7-4-8-5/h2-4,9H,1H3. The van der Waals surface area contributed by atoms with Gasteiger partial charge in [-0.1, -0.05) is 0 Å². The third kappa shape index (κ3) is 2.26. The third-order valence-corrected chi connectivity index (χ3v) is 1.05. The summed E-state index contributed by atoms with van der Waals surface area (Å²) >= 11 is 0. The molecule has 5 nitrogen and oxygen atoms in total. The van der Waals surface area contributed by atoms with Crippen LogP contribution >= 0.6 is 0 Å². The van der Waals surface area contributed by atoms with Crippen molar-refractivity contribution >= 4 is 12.7 Å². The van der Waals surface area contributed by atoms with Crippen molar-refractivity contribution < 1.29 is 14.7 Å². The minimum atomic E-state index is -1.15. The second-order valence-electron chi connectivity index (χ2n) is 1.75. The molecule has 0 saturated heterocycles. The monoisotopic (exact) mass is 154 g/mol. The normalized spacial score (nSPS) is 9.64. The Balaban J connectivity index is 2.61. The molecule has 0 aromatic carbocycles. The third-order valence-electron chi connectivity index (χ3n) is 1.05. The molecule has 0 bridgehead atoms. The van der Waals surface area contributed by atoms with Crippen LogP contribution in [0.5, 0.6) is 0 Å². The van der Waals surface area contributed by atoms with Crippen LogP contribution in [-0.4, -0.2) is 29.2 Å². The van der Waals surface area contributed by atoms with E-state index in [4.69, 9.17) is 5.02 Å². The van der Waals surface area contributed by atoms with E-state index in [9.17, 15) is 0 Å². The molecule has 0 saturated carbocycles. The van der Waals surface area contributed by atoms with Gasteiger partial charge in [0.1, 0.15) is 6.33 Å². The van der Waals surface area contributed by atoms with E-state index in [0.29, 0.717) is 5.59 Å². The molecule has 0 aliphatic heterocycles. The molecule has 0 amide bonds. The molecule has 1 rings (SSSR count). The maximum Gasteiger partial charge on any atom is 0.541 e. The Labute approximate surface area is 64.1 Å². The summed E-state index contributed by atoms with van der Waals surface area (Å²) < 4.78 is 0. The van der Waals surface area contributed by atoms with E-state index >= 15 is 0 Å². The number of nitrogens with zero attached hydrogens (tertiary/aromatic N) is 2. The first-order valence-corrected chi connectivity index (χ1v) is 2.98. The lowest BCUT2D eigenvalue weighted by atomic mass is 9.86. The molecule has 0 aliphatic rings. The van der Waals surface area contributed by atoms with Gasteiger partial charge in [0.15, 0.2) is 0 Å². The Kier molecular flexibility index (Phi) is 2.97. The second-order valence-corrected chi connectivity index (χ2v) is 1.75. The molecule has 0 unspecified atom stereocenters. The molecule has 1 aromatic heterocycles. The molecule has 0 atom stereocenters. The van der Waals surface area contributed by atoms with Crippen molar-refractivity contribution in [3.05, 3.63) is 18.6 Å². The van der Waals surface area contributed by atoms with Crippen molar-refractivity contribution in [3.8, 4) is 0 Å². The summed E-state index contributed by atoms with van der Waals surface area (Å²) in [5, 5.41) is 9.08. The van der Waals surface area contributed by atoms with E-state index in [-0.39, 0.29) is 0 Å². The zero-order valence-corrected chi connectivity index (χ0v) is 5.97. The Morgan fingerprint density at radius 3 is 3.00 bits per heavy atom. The molecule has 1 heterocycles. The van der Waals surface area contributed by atoms with Crippen LogP contribution in [0, 0.1) is 0 Å². The Hall–Kier alpha value is -0.975. The molecule has 11 heavy (non-hydrogen) atoms. The largest absolute Gasteiger partial charge is 0.541 e. The van der Waals surface area contributed by atoms with E-state index in [1.807, 2.05) is 0 Å². The van der Waals surface area contributed by atoms with Crippen molar-refractivity contribution in [2.45, 2.75) is 0 Å². The quantitative estimate of drug-likeness (QED) is 0.334. The zero-order valence-electron chi connectivity index (χ0n) is 5.97. The topological polar surface area (TPSA) is 64.5 Å². The highest BCUT2D eigenvalue weighted by molar-refractivity contribution is 6.58. The molecule has 1 aromatic rings. The molecular formula is C5H7BN2O3. The Morgan fingerprint density at radius 2 is 2.45 bits per heavy atom. The first-order chi connectivity index (χ1) is 5.34. The summed E-state index contributed by atoms with van der Waals surface area (Å²) in [4.78, 5) is 16.0. The second kappa shape index (κ2) is 4.02. The van der Waals surface area contributed by atoms with E-state index < -0.39 is 7.12 Å². The average Bonchev–Trinajstić information content (AvgIpc) is 2.07. The van der Waals surface area contributed by atoms with Crippen LogP contribution in [0.3, 0.4) is 0 Å². The first kappa shape index (κ1) is 8.12. The van der Waals surface area contributed by atoms with Gasteiger partial charge in [-0.15, -0.1) is 0 Å². The van der Waals surface area contributed by atoms with Crippen molar-refractivity contribution in [1.29, 1.82) is 0 Å². The number of hydrogen-bond donors (Lipinski definition) is 1. The van der Waals surface area contributed by atoms with Crippen LogP contribution in [-0.2, 0) is 9.69 Å². The van der Waals surface area contributed by atoms with Crippen LogP contribution in [0.15, 0.2) is 18.6 Å². The lowest BCUT2D eigenvalue weighted by molar-refractivity contribution is -0.193. The summed E-state index contributed by atoms with van der Waals surface area (Å²) in [6, 6.07) is 1.53. The minimum absolute atomic E-state index is 0.363. The zero-order chi connectivity index (χ0) is 8.10. The van der Waals surface area contributed by atoms with Crippen molar-refractivity contribution in [2.75, 3.05) is 7.11 Å². The van der Waals surface area contributed by atoms with E-state index in [1.165, 1.54) is 25.7 Å². The predicted molar refractivity (Wildman–Crippen MR) is 37.7 cm³/mol. The molecule has 1 N–H and O–H groups in total. The summed E-state index contributed by atoms with van der Waals surface area (Å²) in [5.74, 6) is 0. The molecule has 0 aliphatic carbocycles. The van der Waals surface area contributed by atoms with Gasteiger partial charge in [-0.2, -0.15) is 0 Å². The fraction of sp³-hybridized carbons (Fsp3) is 0.200. The van der Waals surface area contributed by atoms with Gasteiger partial charge < -0.3 is 5.02 Å². The van der Waals surface area contributed by atoms with Crippen LogP contribution in [0.4, 0.5) is 0 Å². The number of hydrogen-bond acceptors (Lipinski definition) is 5. The van der Waals surface area contributed by atoms with Gasteiger partial charge in [-0.25, -0.2) is 9.97 Å². The van der Waals surface area contributed by atoms with Gasteiger partial charge in [0, 0.05) is 6.20 Å². The summed E-state index contributed by atoms with van der Waals surface area (Å²) in [6.07, 6.45) is 2.82. The maximum atomic E-state index is 9.08. The highest BCUT2D eigenvalue weighted by atomic mass is 17.2. The van der Waals surface area contributed by atoms with Gasteiger partial charge in [-0.05, 0) is 6.07 Å². The molecular weight excluding hydrogens is 147 g/mol. The van der Waals surface area contributed by atoms with Crippen LogP contribution < -0.4 is 5.59 Å². The predicted octanol–water partition coefficient (Wildman–Crippen LogP) is -1.26.